The third kappa shape index (κ3) is 15.9. The molecule has 51 heavy (non-hydrogen) atoms. The van der Waals surface area contributed by atoms with Crippen molar-refractivity contribution in [3.05, 3.63) is 36.0 Å². The van der Waals surface area contributed by atoms with Crippen LogP contribution in [0.2, 0.25) is 0 Å². The van der Waals surface area contributed by atoms with Gasteiger partial charge in [0.2, 0.25) is 16.2 Å². The summed E-state index contributed by atoms with van der Waals surface area (Å²) in [5.41, 5.74) is 1.73. The van der Waals surface area contributed by atoms with Crippen LogP contribution in [0.5, 0.6) is 0 Å². The van der Waals surface area contributed by atoms with Gasteiger partial charge in [-0.3, -0.25) is 9.48 Å². The second kappa shape index (κ2) is 23.7. The highest BCUT2D eigenvalue weighted by Crippen LogP contribution is 2.14. The normalized spacial score (nSPS) is 10.2. The van der Waals surface area contributed by atoms with Gasteiger partial charge in [-0.25, -0.2) is 23.9 Å². The van der Waals surface area contributed by atoms with Gasteiger partial charge in [0, 0.05) is 27.6 Å². The van der Waals surface area contributed by atoms with E-state index in [4.69, 9.17) is 18.6 Å². The number of rotatable bonds is 13. The second-order valence-corrected chi connectivity index (χ2v) is 11.5. The average molecular weight is 769 g/mol. The lowest BCUT2D eigenvalue weighted by Gasteiger charge is -2.05. The predicted molar refractivity (Wildman–Crippen MR) is 186 cm³/mol. The van der Waals surface area contributed by atoms with Crippen molar-refractivity contribution in [2.75, 3.05) is 51.8 Å². The van der Waals surface area contributed by atoms with E-state index in [0.717, 1.165) is 5.16 Å². The molecule has 0 spiro atoms. The molecule has 0 N–H and O–H groups in total. The number of thioether (sulfide) groups is 3. The summed E-state index contributed by atoms with van der Waals surface area (Å²) >= 11 is 4.37. The highest BCUT2D eigenvalue weighted by molar-refractivity contribution is 7.98. The molecule has 0 fully saturated rings. The van der Waals surface area contributed by atoms with Crippen molar-refractivity contribution in [3.63, 3.8) is 0 Å². The fraction of sp³-hybridized carbons (Fsp3) is 0.500. The fourth-order valence-electron chi connectivity index (χ4n) is 3.31. The lowest BCUT2D eigenvalue weighted by Crippen LogP contribution is -2.17. The van der Waals surface area contributed by atoms with Crippen LogP contribution in [0.25, 0.3) is 11.0 Å². The highest BCUT2D eigenvalue weighted by Gasteiger charge is 2.13. The summed E-state index contributed by atoms with van der Waals surface area (Å²) in [6.07, 6.45) is 7.37. The number of aryl methyl sites for hydroxylation is 3. The molecule has 0 aliphatic heterocycles. The molecule has 278 valence electrons. The summed E-state index contributed by atoms with van der Waals surface area (Å²) in [5.74, 6) is -0.910. The van der Waals surface area contributed by atoms with Gasteiger partial charge in [0.05, 0.1) is 24.3 Å². The van der Waals surface area contributed by atoms with Crippen molar-refractivity contribution < 1.29 is 37.7 Å². The van der Waals surface area contributed by atoms with Gasteiger partial charge >= 0.3 is 17.9 Å². The smallest absolute Gasteiger partial charge is 0.344 e. The van der Waals surface area contributed by atoms with Crippen molar-refractivity contribution in [1.29, 1.82) is 0 Å². The molecular weight excluding hydrogens is 729 g/mol. The van der Waals surface area contributed by atoms with Crippen LogP contribution in [0, 0.1) is 6.92 Å². The molecule has 20 nitrogen and oxygen atoms in total. The summed E-state index contributed by atoms with van der Waals surface area (Å²) in [6, 6.07) is 4.86. The molecule has 0 bridgehead atoms. The number of nitrogens with zero attached hydrogens (tertiary/aromatic N) is 12. The summed E-state index contributed by atoms with van der Waals surface area (Å²) < 4.78 is 29.1. The topological polar surface area (TPSA) is 232 Å². The van der Waals surface area contributed by atoms with E-state index in [1.165, 1.54) is 28.2 Å². The van der Waals surface area contributed by atoms with E-state index in [1.807, 2.05) is 32.7 Å². The summed E-state index contributed by atoms with van der Waals surface area (Å²) in [7, 11) is 3.58. The highest BCUT2D eigenvalue weighted by atomic mass is 32.2. The van der Waals surface area contributed by atoms with Crippen molar-refractivity contribution in [2.45, 2.75) is 42.9 Å². The lowest BCUT2D eigenvalue weighted by atomic mass is 10.2. The van der Waals surface area contributed by atoms with Gasteiger partial charge in [0.15, 0.2) is 6.61 Å². The maximum Gasteiger partial charge on any atom is 0.344 e. The van der Waals surface area contributed by atoms with Crippen LogP contribution in [0.1, 0.15) is 30.1 Å². The SMILES string of the molecule is CCOC(=O)COC(=O)c1ccc2nnn(C)c2c1.CCOCCOC(=O)Cn1nnnc1SC.CSc1ncn(C)n1.CSc1nnc(C)o1. The molecule has 0 atom stereocenters. The number of ether oxygens (including phenoxy) is 4. The van der Waals surface area contributed by atoms with E-state index in [-0.39, 0.29) is 25.7 Å². The maximum atomic E-state index is 11.8. The number of carbonyl (C=O) groups is 3. The molecule has 0 radical (unpaired) electrons. The van der Waals surface area contributed by atoms with E-state index in [2.05, 4.69) is 50.9 Å². The molecule has 4 aromatic heterocycles. The number of aromatic nitrogens is 12. The minimum Gasteiger partial charge on any atom is -0.463 e. The number of hydrogen-bond acceptors (Lipinski definition) is 20. The Kier molecular flexibility index (Phi) is 19.8. The maximum absolute atomic E-state index is 11.8. The Labute approximate surface area is 306 Å². The van der Waals surface area contributed by atoms with Gasteiger partial charge in [-0.05, 0) is 61.2 Å². The third-order valence-electron chi connectivity index (χ3n) is 5.57. The standard InChI is InChI=1S/C12H13N3O4.C8H14N4O3S.C4H7N3S.C4H6N2OS/c1-3-18-11(16)7-19-12(17)8-4-5-9-10(6-8)15(2)14-13-9;1-3-14-4-5-15-7(13)6-12-8(16-2)9-10-11-12;1-7-3-5-4(6-7)8-2;1-3-5-6-4(7-3)8-2/h4-6H,3,7H2,1-2H3;3-6H2,1-2H3;3H,1-2H3;1-2H3. The van der Waals surface area contributed by atoms with Crippen molar-refractivity contribution in [3.8, 4) is 0 Å². The van der Waals surface area contributed by atoms with Gasteiger partial charge in [-0.15, -0.1) is 25.5 Å². The van der Waals surface area contributed by atoms with E-state index in [1.54, 1.807) is 66.5 Å². The van der Waals surface area contributed by atoms with Crippen molar-refractivity contribution in [2.24, 2.45) is 14.1 Å². The van der Waals surface area contributed by atoms with Crippen molar-refractivity contribution >= 4 is 64.2 Å². The van der Waals surface area contributed by atoms with E-state index in [0.29, 0.717) is 46.1 Å². The van der Waals surface area contributed by atoms with E-state index in [9.17, 15) is 14.4 Å². The third-order valence-corrected chi connectivity index (χ3v) is 7.30. The minimum atomic E-state index is -0.587. The average Bonchev–Trinajstić information content (AvgIpc) is 3.95. The van der Waals surface area contributed by atoms with Crippen LogP contribution in [0.15, 0.2) is 44.5 Å². The van der Waals surface area contributed by atoms with Gasteiger partial charge in [0.25, 0.3) is 5.22 Å². The van der Waals surface area contributed by atoms with E-state index < -0.39 is 18.5 Å². The molecular formula is C28H40N12O8S3. The molecule has 5 rings (SSSR count). The second-order valence-electron chi connectivity index (χ2n) is 9.23. The molecule has 0 amide bonds. The lowest BCUT2D eigenvalue weighted by molar-refractivity contribution is -0.147. The molecule has 0 unspecified atom stereocenters. The molecule has 0 saturated heterocycles. The van der Waals surface area contributed by atoms with Crippen molar-refractivity contribution in [1.82, 2.24) is 60.2 Å². The molecule has 4 heterocycles. The number of fused-ring (bicyclic) bond motifs is 1. The van der Waals surface area contributed by atoms with Crippen LogP contribution in [0.4, 0.5) is 0 Å². The largest absolute Gasteiger partial charge is 0.463 e. The summed E-state index contributed by atoms with van der Waals surface area (Å²) in [4.78, 5) is 38.1. The predicted octanol–water partition coefficient (Wildman–Crippen LogP) is 2.30. The first-order valence-corrected chi connectivity index (χ1v) is 18.6. The molecule has 23 heteroatoms. The van der Waals surface area contributed by atoms with Crippen LogP contribution < -0.4 is 0 Å². The van der Waals surface area contributed by atoms with E-state index >= 15 is 0 Å². The molecule has 0 aliphatic carbocycles. The number of hydrogen-bond donors (Lipinski definition) is 0. The van der Waals surface area contributed by atoms with Crippen LogP contribution in [0.3, 0.4) is 0 Å². The number of carbonyl (C=O) groups excluding carboxylic acids is 3. The molecule has 0 aliphatic rings. The first-order chi connectivity index (χ1) is 24.5. The van der Waals surface area contributed by atoms with Gasteiger partial charge in [0.1, 0.15) is 25.0 Å². The molecule has 0 saturated carbocycles. The first kappa shape index (κ1) is 42.6. The molecule has 1 aromatic carbocycles. The zero-order valence-electron chi connectivity index (χ0n) is 29.4. The molecule has 5 aromatic rings. The summed E-state index contributed by atoms with van der Waals surface area (Å²) in [5, 5.41) is 32.0. The van der Waals surface area contributed by atoms with Gasteiger partial charge in [-0.2, -0.15) is 0 Å². The Morgan fingerprint density at radius 1 is 0.863 bits per heavy atom. The number of tetrazole rings is 1. The summed E-state index contributed by atoms with van der Waals surface area (Å²) in [6.45, 7) is 6.49. The van der Waals surface area contributed by atoms with Crippen LogP contribution >= 0.6 is 35.3 Å². The number of benzene rings is 1. The Hall–Kier alpha value is -4.61. The quantitative estimate of drug-likeness (QED) is 0.0723. The zero-order chi connectivity index (χ0) is 37.6. The number of esters is 3. The first-order valence-electron chi connectivity index (χ1n) is 14.9. The van der Waals surface area contributed by atoms with Crippen LogP contribution in [-0.2, 0) is 49.2 Å². The van der Waals surface area contributed by atoms with Crippen LogP contribution in [-0.4, -0.2) is 130 Å². The minimum absolute atomic E-state index is 0.0231. The Morgan fingerprint density at radius 3 is 2.22 bits per heavy atom. The van der Waals surface area contributed by atoms with Gasteiger partial charge in [-0.1, -0.05) is 40.5 Å². The zero-order valence-corrected chi connectivity index (χ0v) is 31.9. The Morgan fingerprint density at radius 2 is 1.65 bits per heavy atom. The van der Waals surface area contributed by atoms with Gasteiger partial charge < -0.3 is 23.4 Å². The fourth-order valence-corrected chi connectivity index (χ4v) is 4.43. The monoisotopic (exact) mass is 768 g/mol. The Balaban J connectivity index is 0.000000252. The Bertz CT molecular complexity index is 1740.